The van der Waals surface area contributed by atoms with Crippen molar-refractivity contribution in [2.45, 2.75) is 59.0 Å². The van der Waals surface area contributed by atoms with Crippen molar-refractivity contribution in [3.05, 3.63) is 35.4 Å². The first-order valence-corrected chi connectivity index (χ1v) is 7.65. The fraction of sp³-hybridized carbons (Fsp3) is 0.588. The molecule has 0 aliphatic carbocycles. The van der Waals surface area contributed by atoms with Crippen molar-refractivity contribution < 1.29 is 4.79 Å². The van der Waals surface area contributed by atoms with Gasteiger partial charge in [-0.25, -0.2) is 0 Å². The highest BCUT2D eigenvalue weighted by Crippen LogP contribution is 2.17. The van der Waals surface area contributed by atoms with Crippen molar-refractivity contribution in [2.24, 2.45) is 0 Å². The number of aryl methyl sites for hydroxylation is 1. The maximum atomic E-state index is 12.0. The molecule has 0 aliphatic heterocycles. The minimum absolute atomic E-state index is 0.0848. The van der Waals surface area contributed by atoms with Gasteiger partial charge in [0.15, 0.2) is 0 Å². The highest BCUT2D eigenvalue weighted by Gasteiger charge is 2.16. The molecule has 0 bridgehead atoms. The van der Waals surface area contributed by atoms with E-state index < -0.39 is 0 Å². The first-order valence-electron chi connectivity index (χ1n) is 7.65. The number of rotatable bonds is 8. The topological polar surface area (TPSA) is 41.1 Å². The highest BCUT2D eigenvalue weighted by molar-refractivity contribution is 5.81. The number of benzene rings is 1. The maximum Gasteiger partial charge on any atom is 0.236 e. The van der Waals surface area contributed by atoms with Crippen LogP contribution in [0.3, 0.4) is 0 Å². The third kappa shape index (κ3) is 5.33. The SMILES string of the molecule is CCCCCNC(=O)C(C)N[C@H](C)c1ccccc1C. The third-order valence-electron chi connectivity index (χ3n) is 3.63. The quantitative estimate of drug-likeness (QED) is 0.715. The van der Waals surface area contributed by atoms with Gasteiger partial charge >= 0.3 is 0 Å². The molecule has 1 unspecified atom stereocenters. The van der Waals surface area contributed by atoms with Crippen LogP contribution in [0.5, 0.6) is 0 Å². The number of hydrogen-bond donors (Lipinski definition) is 2. The molecule has 3 heteroatoms. The van der Waals surface area contributed by atoms with E-state index in [1.165, 1.54) is 24.0 Å². The van der Waals surface area contributed by atoms with E-state index in [9.17, 15) is 4.79 Å². The molecule has 0 heterocycles. The van der Waals surface area contributed by atoms with E-state index in [1.54, 1.807) is 0 Å². The van der Waals surface area contributed by atoms with E-state index in [0.29, 0.717) is 0 Å². The second-order valence-corrected chi connectivity index (χ2v) is 5.46. The van der Waals surface area contributed by atoms with Gasteiger partial charge in [-0.2, -0.15) is 0 Å². The molecule has 0 saturated carbocycles. The Bertz CT molecular complexity index is 417. The number of carbonyl (C=O) groups is 1. The van der Waals surface area contributed by atoms with Crippen molar-refractivity contribution in [1.29, 1.82) is 0 Å². The molecular formula is C17H28N2O. The van der Waals surface area contributed by atoms with Crippen LogP contribution in [0.2, 0.25) is 0 Å². The van der Waals surface area contributed by atoms with Gasteiger partial charge in [-0.15, -0.1) is 0 Å². The van der Waals surface area contributed by atoms with Crippen LogP contribution >= 0.6 is 0 Å². The van der Waals surface area contributed by atoms with Crippen molar-refractivity contribution in [3.63, 3.8) is 0 Å². The Kier molecular flexibility index (Phi) is 7.31. The first-order chi connectivity index (χ1) is 9.56. The second kappa shape index (κ2) is 8.75. The summed E-state index contributed by atoms with van der Waals surface area (Å²) in [6.07, 6.45) is 3.40. The van der Waals surface area contributed by atoms with Crippen molar-refractivity contribution in [1.82, 2.24) is 10.6 Å². The van der Waals surface area contributed by atoms with Gasteiger partial charge < -0.3 is 5.32 Å². The van der Waals surface area contributed by atoms with Crippen LogP contribution < -0.4 is 10.6 Å². The van der Waals surface area contributed by atoms with E-state index in [2.05, 4.69) is 43.5 Å². The molecule has 0 spiro atoms. The van der Waals surface area contributed by atoms with Gasteiger partial charge in [-0.3, -0.25) is 10.1 Å². The Morgan fingerprint density at radius 2 is 1.90 bits per heavy atom. The van der Waals surface area contributed by atoms with Gasteiger partial charge in [-0.1, -0.05) is 44.0 Å². The van der Waals surface area contributed by atoms with E-state index in [1.807, 2.05) is 19.1 Å². The van der Waals surface area contributed by atoms with Crippen LogP contribution in [0, 0.1) is 6.92 Å². The van der Waals surface area contributed by atoms with Crippen LogP contribution in [0.1, 0.15) is 57.2 Å². The van der Waals surface area contributed by atoms with Crippen LogP contribution in [-0.4, -0.2) is 18.5 Å². The van der Waals surface area contributed by atoms with Crippen molar-refractivity contribution >= 4 is 5.91 Å². The molecule has 1 amide bonds. The molecule has 0 aliphatic rings. The summed E-state index contributed by atoms with van der Waals surface area (Å²) in [5.41, 5.74) is 2.50. The summed E-state index contributed by atoms with van der Waals surface area (Å²) in [7, 11) is 0. The lowest BCUT2D eigenvalue weighted by Gasteiger charge is -2.21. The predicted octanol–water partition coefficient (Wildman–Crippen LogP) is 3.34. The summed E-state index contributed by atoms with van der Waals surface area (Å²) >= 11 is 0. The second-order valence-electron chi connectivity index (χ2n) is 5.46. The summed E-state index contributed by atoms with van der Waals surface area (Å²) in [6, 6.07) is 8.28. The van der Waals surface area contributed by atoms with Gasteiger partial charge in [-0.05, 0) is 38.3 Å². The monoisotopic (exact) mass is 276 g/mol. The van der Waals surface area contributed by atoms with E-state index in [0.717, 1.165) is 13.0 Å². The molecule has 0 aromatic heterocycles. The lowest BCUT2D eigenvalue weighted by atomic mass is 10.0. The minimum Gasteiger partial charge on any atom is -0.355 e. The van der Waals surface area contributed by atoms with Crippen LogP contribution in [0.15, 0.2) is 24.3 Å². The molecule has 1 rings (SSSR count). The Morgan fingerprint density at radius 1 is 1.20 bits per heavy atom. The summed E-state index contributed by atoms with van der Waals surface area (Å²) in [4.78, 5) is 12.0. The smallest absolute Gasteiger partial charge is 0.236 e. The molecule has 1 aromatic carbocycles. The molecule has 1 aromatic rings. The summed E-state index contributed by atoms with van der Waals surface area (Å²) in [5.74, 6) is 0.0848. The van der Waals surface area contributed by atoms with E-state index in [-0.39, 0.29) is 18.0 Å². The van der Waals surface area contributed by atoms with E-state index >= 15 is 0 Å². The number of hydrogen-bond acceptors (Lipinski definition) is 2. The van der Waals surface area contributed by atoms with Gasteiger partial charge in [0.2, 0.25) is 5.91 Å². The van der Waals surface area contributed by atoms with Gasteiger partial charge in [0.1, 0.15) is 0 Å². The average Bonchev–Trinajstić information content (AvgIpc) is 2.43. The van der Waals surface area contributed by atoms with Gasteiger partial charge in [0.25, 0.3) is 0 Å². The fourth-order valence-electron chi connectivity index (χ4n) is 2.35. The zero-order chi connectivity index (χ0) is 15.0. The Balaban J connectivity index is 2.43. The fourth-order valence-corrected chi connectivity index (χ4v) is 2.35. The Morgan fingerprint density at radius 3 is 2.55 bits per heavy atom. The largest absolute Gasteiger partial charge is 0.355 e. The third-order valence-corrected chi connectivity index (χ3v) is 3.63. The van der Waals surface area contributed by atoms with Crippen molar-refractivity contribution in [2.75, 3.05) is 6.54 Å². The Labute approximate surface area is 123 Å². The molecule has 112 valence electrons. The van der Waals surface area contributed by atoms with Crippen LogP contribution in [0.4, 0.5) is 0 Å². The minimum atomic E-state index is -0.175. The predicted molar refractivity (Wildman–Crippen MR) is 84.7 cm³/mol. The van der Waals surface area contributed by atoms with Crippen molar-refractivity contribution in [3.8, 4) is 0 Å². The number of unbranched alkanes of at least 4 members (excludes halogenated alkanes) is 2. The number of carbonyl (C=O) groups excluding carboxylic acids is 1. The summed E-state index contributed by atoms with van der Waals surface area (Å²) < 4.78 is 0. The molecule has 0 radical (unpaired) electrons. The van der Waals surface area contributed by atoms with Gasteiger partial charge in [0, 0.05) is 12.6 Å². The first kappa shape index (κ1) is 16.7. The molecule has 3 nitrogen and oxygen atoms in total. The summed E-state index contributed by atoms with van der Waals surface area (Å²) in [5, 5.41) is 6.35. The zero-order valence-electron chi connectivity index (χ0n) is 13.2. The van der Waals surface area contributed by atoms with Crippen LogP contribution in [-0.2, 0) is 4.79 Å². The van der Waals surface area contributed by atoms with E-state index in [4.69, 9.17) is 0 Å². The number of amides is 1. The molecular weight excluding hydrogens is 248 g/mol. The number of nitrogens with one attached hydrogen (secondary N) is 2. The van der Waals surface area contributed by atoms with Gasteiger partial charge in [0.05, 0.1) is 6.04 Å². The molecule has 0 saturated heterocycles. The maximum absolute atomic E-state index is 12.0. The Hall–Kier alpha value is -1.35. The summed E-state index contributed by atoms with van der Waals surface area (Å²) in [6.45, 7) is 9.06. The highest BCUT2D eigenvalue weighted by atomic mass is 16.2. The lowest BCUT2D eigenvalue weighted by Crippen LogP contribution is -2.43. The van der Waals surface area contributed by atoms with Crippen LogP contribution in [0.25, 0.3) is 0 Å². The molecule has 2 N–H and O–H groups in total. The normalized spacial score (nSPS) is 13.8. The average molecular weight is 276 g/mol. The molecule has 20 heavy (non-hydrogen) atoms. The zero-order valence-corrected chi connectivity index (χ0v) is 13.2. The molecule has 2 atom stereocenters. The standard InChI is InChI=1S/C17H28N2O/c1-5-6-9-12-18-17(20)15(4)19-14(3)16-11-8-7-10-13(16)2/h7-8,10-11,14-15,19H,5-6,9,12H2,1-4H3,(H,18,20)/t14-,15?/m1/s1. The molecule has 0 fully saturated rings. The lowest BCUT2D eigenvalue weighted by molar-refractivity contribution is -0.122.